The van der Waals surface area contributed by atoms with Gasteiger partial charge in [0, 0.05) is 19.1 Å². The second kappa shape index (κ2) is 6.22. The van der Waals surface area contributed by atoms with Crippen LogP contribution in [0.5, 0.6) is 0 Å². The Bertz CT molecular complexity index is 415. The second-order valence-electron chi connectivity index (χ2n) is 6.53. The monoisotopic (exact) mass is 297 g/mol. The largest absolute Gasteiger partial charge is 0.479 e. The highest BCUT2D eigenvalue weighted by Gasteiger charge is 2.49. The van der Waals surface area contributed by atoms with Crippen molar-refractivity contribution >= 4 is 12.0 Å². The zero-order valence-electron chi connectivity index (χ0n) is 13.3. The summed E-state index contributed by atoms with van der Waals surface area (Å²) in [5.74, 6) is -0.495. The fourth-order valence-electron chi connectivity index (χ4n) is 3.72. The molecule has 3 unspecified atom stereocenters. The van der Waals surface area contributed by atoms with E-state index in [1.54, 1.807) is 4.90 Å². The van der Waals surface area contributed by atoms with Crippen molar-refractivity contribution in [2.45, 2.75) is 51.1 Å². The number of rotatable bonds is 3. The number of carbonyl (C=O) groups is 2. The minimum Gasteiger partial charge on any atom is -0.479 e. The number of urea groups is 1. The van der Waals surface area contributed by atoms with E-state index in [2.05, 4.69) is 24.2 Å². The molecule has 3 atom stereocenters. The van der Waals surface area contributed by atoms with Crippen LogP contribution in [0, 0.1) is 5.92 Å². The zero-order valence-corrected chi connectivity index (χ0v) is 13.3. The highest BCUT2D eigenvalue weighted by Crippen LogP contribution is 2.33. The number of nitrogens with one attached hydrogen (secondary N) is 1. The Labute approximate surface area is 126 Å². The Hall–Kier alpha value is -1.30. The van der Waals surface area contributed by atoms with Gasteiger partial charge in [-0.25, -0.2) is 9.59 Å². The number of likely N-dealkylation sites (tertiary alicyclic amines) is 2. The fourth-order valence-corrected chi connectivity index (χ4v) is 3.72. The molecule has 0 aromatic heterocycles. The Morgan fingerprint density at radius 2 is 2.10 bits per heavy atom. The lowest BCUT2D eigenvalue weighted by Gasteiger charge is -2.39. The number of aliphatic carboxylic acids is 1. The van der Waals surface area contributed by atoms with Gasteiger partial charge in [0.2, 0.25) is 0 Å². The summed E-state index contributed by atoms with van der Waals surface area (Å²) in [6.07, 6.45) is 2.69. The topological polar surface area (TPSA) is 72.9 Å². The van der Waals surface area contributed by atoms with Crippen molar-refractivity contribution in [2.24, 2.45) is 5.92 Å². The van der Waals surface area contributed by atoms with Crippen molar-refractivity contribution in [1.82, 2.24) is 15.1 Å². The Morgan fingerprint density at radius 3 is 2.67 bits per heavy atom. The molecular weight excluding hydrogens is 270 g/mol. The standard InChI is InChI=1S/C15H27N3O3/c1-4-15(13(19)20)7-5-8-18(15)14(21)16-12-6-9-17(3)10-11(12)2/h11-12H,4-10H2,1-3H3,(H,16,21)(H,19,20). The van der Waals surface area contributed by atoms with E-state index in [9.17, 15) is 14.7 Å². The number of amides is 2. The van der Waals surface area contributed by atoms with Crippen molar-refractivity contribution in [2.75, 3.05) is 26.7 Å². The first kappa shape index (κ1) is 16.1. The molecule has 120 valence electrons. The Balaban J connectivity index is 2.04. The molecule has 0 aliphatic carbocycles. The molecule has 2 amide bonds. The van der Waals surface area contributed by atoms with E-state index in [0.29, 0.717) is 25.3 Å². The SMILES string of the molecule is CCC1(C(=O)O)CCCN1C(=O)NC1CCN(C)CC1C. The third kappa shape index (κ3) is 3.00. The maximum absolute atomic E-state index is 12.6. The van der Waals surface area contributed by atoms with Gasteiger partial charge in [-0.2, -0.15) is 0 Å². The number of hydrogen-bond donors (Lipinski definition) is 2. The molecule has 2 aliphatic heterocycles. The van der Waals surface area contributed by atoms with Crippen molar-refractivity contribution in [1.29, 1.82) is 0 Å². The highest BCUT2D eigenvalue weighted by molar-refractivity contribution is 5.87. The van der Waals surface area contributed by atoms with Crippen LogP contribution in [0.3, 0.4) is 0 Å². The summed E-state index contributed by atoms with van der Waals surface area (Å²) in [6, 6.07) is -0.0733. The lowest BCUT2D eigenvalue weighted by atomic mass is 9.92. The van der Waals surface area contributed by atoms with Crippen LogP contribution in [-0.2, 0) is 4.79 Å². The zero-order chi connectivity index (χ0) is 15.6. The quantitative estimate of drug-likeness (QED) is 0.825. The van der Waals surface area contributed by atoms with Crippen molar-refractivity contribution in [3.63, 3.8) is 0 Å². The minimum absolute atomic E-state index is 0.137. The number of piperidine rings is 1. The molecule has 2 rings (SSSR count). The van der Waals surface area contributed by atoms with Crippen LogP contribution in [0.25, 0.3) is 0 Å². The predicted molar refractivity (Wildman–Crippen MR) is 80.2 cm³/mol. The first-order valence-electron chi connectivity index (χ1n) is 7.91. The molecular formula is C15H27N3O3. The van der Waals surface area contributed by atoms with Gasteiger partial charge in [-0.3, -0.25) is 0 Å². The van der Waals surface area contributed by atoms with Gasteiger partial charge in [-0.05, 0) is 45.2 Å². The maximum atomic E-state index is 12.6. The van der Waals surface area contributed by atoms with Gasteiger partial charge in [0.15, 0.2) is 0 Å². The normalized spacial score (nSPS) is 34.0. The van der Waals surface area contributed by atoms with Crippen molar-refractivity contribution in [3.05, 3.63) is 0 Å². The van der Waals surface area contributed by atoms with Crippen LogP contribution in [-0.4, -0.2) is 65.2 Å². The van der Waals surface area contributed by atoms with Gasteiger partial charge in [0.05, 0.1) is 0 Å². The van der Waals surface area contributed by atoms with E-state index in [-0.39, 0.29) is 12.1 Å². The molecule has 6 nitrogen and oxygen atoms in total. The van der Waals surface area contributed by atoms with E-state index in [1.807, 2.05) is 6.92 Å². The Kier molecular flexibility index (Phi) is 4.76. The third-order valence-electron chi connectivity index (χ3n) is 5.13. The van der Waals surface area contributed by atoms with E-state index in [4.69, 9.17) is 0 Å². The van der Waals surface area contributed by atoms with Crippen LogP contribution in [0.1, 0.15) is 39.5 Å². The van der Waals surface area contributed by atoms with Gasteiger partial charge < -0.3 is 20.2 Å². The van der Waals surface area contributed by atoms with E-state index >= 15 is 0 Å². The van der Waals surface area contributed by atoms with Crippen LogP contribution in [0.15, 0.2) is 0 Å². The highest BCUT2D eigenvalue weighted by atomic mass is 16.4. The summed E-state index contributed by atoms with van der Waals surface area (Å²) >= 11 is 0. The number of nitrogens with zero attached hydrogens (tertiary/aromatic N) is 2. The molecule has 0 radical (unpaired) electrons. The van der Waals surface area contributed by atoms with Gasteiger partial charge in [-0.15, -0.1) is 0 Å². The number of carbonyl (C=O) groups excluding carboxylic acids is 1. The van der Waals surface area contributed by atoms with Gasteiger partial charge in [-0.1, -0.05) is 13.8 Å². The van der Waals surface area contributed by atoms with Gasteiger partial charge in [0.25, 0.3) is 0 Å². The second-order valence-corrected chi connectivity index (χ2v) is 6.53. The molecule has 2 heterocycles. The summed E-state index contributed by atoms with van der Waals surface area (Å²) in [7, 11) is 2.08. The van der Waals surface area contributed by atoms with Crippen LogP contribution >= 0.6 is 0 Å². The molecule has 2 N–H and O–H groups in total. The van der Waals surface area contributed by atoms with E-state index in [0.717, 1.165) is 25.9 Å². The molecule has 2 saturated heterocycles. The van der Waals surface area contributed by atoms with Crippen LogP contribution in [0.4, 0.5) is 4.79 Å². The lowest BCUT2D eigenvalue weighted by Crippen LogP contribution is -2.59. The molecule has 0 spiro atoms. The van der Waals surface area contributed by atoms with E-state index < -0.39 is 11.5 Å². The average Bonchev–Trinajstić information content (AvgIpc) is 2.87. The van der Waals surface area contributed by atoms with Crippen LogP contribution in [0.2, 0.25) is 0 Å². The summed E-state index contributed by atoms with van der Waals surface area (Å²) in [5, 5.41) is 12.6. The number of carboxylic acid groups (broad SMARTS) is 1. The lowest BCUT2D eigenvalue weighted by molar-refractivity contribution is -0.148. The summed E-state index contributed by atoms with van der Waals surface area (Å²) in [6.45, 7) is 6.44. The number of carboxylic acids is 1. The molecule has 2 fully saturated rings. The maximum Gasteiger partial charge on any atom is 0.329 e. The molecule has 0 aromatic rings. The third-order valence-corrected chi connectivity index (χ3v) is 5.13. The first-order chi connectivity index (χ1) is 9.90. The van der Waals surface area contributed by atoms with Crippen LogP contribution < -0.4 is 5.32 Å². The van der Waals surface area contributed by atoms with Gasteiger partial charge >= 0.3 is 12.0 Å². The van der Waals surface area contributed by atoms with Crippen molar-refractivity contribution in [3.8, 4) is 0 Å². The smallest absolute Gasteiger partial charge is 0.329 e. The van der Waals surface area contributed by atoms with Gasteiger partial charge in [0.1, 0.15) is 5.54 Å². The molecule has 0 saturated carbocycles. The minimum atomic E-state index is -1.02. The van der Waals surface area contributed by atoms with E-state index in [1.165, 1.54) is 0 Å². The van der Waals surface area contributed by atoms with Crippen molar-refractivity contribution < 1.29 is 14.7 Å². The Morgan fingerprint density at radius 1 is 1.38 bits per heavy atom. The molecule has 6 heteroatoms. The first-order valence-corrected chi connectivity index (χ1v) is 7.91. The molecule has 0 aromatic carbocycles. The molecule has 21 heavy (non-hydrogen) atoms. The average molecular weight is 297 g/mol. The predicted octanol–water partition coefficient (Wildman–Crippen LogP) is 1.37. The number of hydrogen-bond acceptors (Lipinski definition) is 3. The summed E-state index contributed by atoms with van der Waals surface area (Å²) in [4.78, 5) is 28.0. The summed E-state index contributed by atoms with van der Waals surface area (Å²) < 4.78 is 0. The fraction of sp³-hybridized carbons (Fsp3) is 0.867. The molecule has 0 bridgehead atoms. The summed E-state index contributed by atoms with van der Waals surface area (Å²) in [5.41, 5.74) is -1.02. The molecule has 2 aliphatic rings.